The van der Waals surface area contributed by atoms with Gasteiger partial charge in [0.15, 0.2) is 5.96 Å². The number of rotatable bonds is 4. The second kappa shape index (κ2) is 6.30. The van der Waals surface area contributed by atoms with Gasteiger partial charge in [-0.25, -0.2) is 0 Å². The highest BCUT2D eigenvalue weighted by atomic mass is 32.1. The molecule has 1 atom stereocenters. The van der Waals surface area contributed by atoms with Gasteiger partial charge in [-0.2, -0.15) is 12.6 Å². The van der Waals surface area contributed by atoms with Gasteiger partial charge in [0.05, 0.1) is 13.2 Å². The summed E-state index contributed by atoms with van der Waals surface area (Å²) in [5, 5.41) is 11.3. The SMILES string of the molecule is CC(CS)NC(N)=NCCO. The third kappa shape index (κ3) is 6.00. The van der Waals surface area contributed by atoms with E-state index < -0.39 is 0 Å². The minimum absolute atomic E-state index is 0.0254. The van der Waals surface area contributed by atoms with Crippen molar-refractivity contribution >= 4 is 18.6 Å². The molecule has 0 amide bonds. The first-order valence-corrected chi connectivity index (χ1v) is 4.12. The van der Waals surface area contributed by atoms with Crippen LogP contribution in [-0.2, 0) is 0 Å². The number of hydrogen-bond acceptors (Lipinski definition) is 3. The Labute approximate surface area is 72.3 Å². The molecule has 0 fully saturated rings. The number of thiol groups is 1. The van der Waals surface area contributed by atoms with E-state index in [1.54, 1.807) is 0 Å². The van der Waals surface area contributed by atoms with Gasteiger partial charge in [0.25, 0.3) is 0 Å². The molecule has 11 heavy (non-hydrogen) atoms. The number of aliphatic imine (C=N–C) groups is 1. The zero-order valence-corrected chi connectivity index (χ0v) is 7.51. The molecule has 0 aromatic carbocycles. The van der Waals surface area contributed by atoms with Crippen molar-refractivity contribution in [2.45, 2.75) is 13.0 Å². The average molecular weight is 177 g/mol. The average Bonchev–Trinajstić information content (AvgIpc) is 2.00. The van der Waals surface area contributed by atoms with E-state index in [2.05, 4.69) is 22.9 Å². The van der Waals surface area contributed by atoms with E-state index >= 15 is 0 Å². The molecule has 0 saturated heterocycles. The van der Waals surface area contributed by atoms with Gasteiger partial charge >= 0.3 is 0 Å². The van der Waals surface area contributed by atoms with Gasteiger partial charge < -0.3 is 16.2 Å². The highest BCUT2D eigenvalue weighted by molar-refractivity contribution is 7.80. The van der Waals surface area contributed by atoms with Crippen molar-refractivity contribution in [2.75, 3.05) is 18.9 Å². The highest BCUT2D eigenvalue weighted by Crippen LogP contribution is 1.83. The molecule has 1 unspecified atom stereocenters. The van der Waals surface area contributed by atoms with Crippen LogP contribution < -0.4 is 11.1 Å². The summed E-state index contributed by atoms with van der Waals surface area (Å²) >= 11 is 4.06. The maximum absolute atomic E-state index is 8.40. The molecule has 0 spiro atoms. The Kier molecular flexibility index (Phi) is 6.06. The van der Waals surface area contributed by atoms with Gasteiger partial charge in [-0.15, -0.1) is 0 Å². The predicted octanol–water partition coefficient (Wildman–Crippen LogP) is -0.799. The summed E-state index contributed by atoms with van der Waals surface area (Å²) in [4.78, 5) is 3.83. The Morgan fingerprint density at radius 3 is 2.91 bits per heavy atom. The van der Waals surface area contributed by atoms with E-state index in [0.717, 1.165) is 0 Å². The summed E-state index contributed by atoms with van der Waals surface area (Å²) < 4.78 is 0. The van der Waals surface area contributed by atoms with Crippen LogP contribution in [0.2, 0.25) is 0 Å². The molecular weight excluding hydrogens is 162 g/mol. The monoisotopic (exact) mass is 177 g/mol. The Balaban J connectivity index is 3.57. The number of aliphatic hydroxyl groups is 1. The van der Waals surface area contributed by atoms with E-state index in [1.807, 2.05) is 6.92 Å². The van der Waals surface area contributed by atoms with Crippen LogP contribution in [0, 0.1) is 0 Å². The third-order valence-corrected chi connectivity index (χ3v) is 1.60. The lowest BCUT2D eigenvalue weighted by Gasteiger charge is -2.10. The van der Waals surface area contributed by atoms with Crippen LogP contribution in [0.1, 0.15) is 6.92 Å². The fourth-order valence-electron chi connectivity index (χ4n) is 0.514. The topological polar surface area (TPSA) is 70.6 Å². The van der Waals surface area contributed by atoms with Gasteiger partial charge in [0.2, 0.25) is 0 Å². The lowest BCUT2D eigenvalue weighted by Crippen LogP contribution is -2.39. The van der Waals surface area contributed by atoms with Gasteiger partial charge in [0, 0.05) is 11.8 Å². The minimum Gasteiger partial charge on any atom is -0.394 e. The van der Waals surface area contributed by atoms with Crippen LogP contribution in [0.4, 0.5) is 0 Å². The van der Waals surface area contributed by atoms with E-state index in [-0.39, 0.29) is 12.6 Å². The molecule has 4 nitrogen and oxygen atoms in total. The first-order chi connectivity index (χ1) is 5.20. The molecule has 0 saturated carbocycles. The molecule has 0 radical (unpaired) electrons. The standard InChI is InChI=1S/C6H15N3OS/c1-5(4-11)9-6(7)8-2-3-10/h5,10-11H,2-4H2,1H3,(H3,7,8,9). The van der Waals surface area contributed by atoms with Crippen LogP contribution in [0.15, 0.2) is 4.99 Å². The van der Waals surface area contributed by atoms with Crippen molar-refractivity contribution in [3.63, 3.8) is 0 Å². The van der Waals surface area contributed by atoms with Gasteiger partial charge in [-0.3, -0.25) is 4.99 Å². The first kappa shape index (κ1) is 10.6. The fourth-order valence-corrected chi connectivity index (χ4v) is 0.605. The molecule has 5 heteroatoms. The van der Waals surface area contributed by atoms with Crippen molar-refractivity contribution in [3.8, 4) is 0 Å². The normalized spacial score (nSPS) is 14.6. The molecule has 4 N–H and O–H groups in total. The number of aliphatic hydroxyl groups excluding tert-OH is 1. The smallest absolute Gasteiger partial charge is 0.188 e. The van der Waals surface area contributed by atoms with Crippen molar-refractivity contribution in [2.24, 2.45) is 10.7 Å². The third-order valence-electron chi connectivity index (χ3n) is 1.05. The molecule has 0 rings (SSSR count). The van der Waals surface area contributed by atoms with E-state index in [0.29, 0.717) is 18.3 Å². The largest absolute Gasteiger partial charge is 0.394 e. The molecule has 0 aromatic heterocycles. The Hall–Kier alpha value is -0.420. The summed E-state index contributed by atoms with van der Waals surface area (Å²) in [6.45, 7) is 2.32. The molecule has 0 aromatic rings. The number of hydrogen-bond donors (Lipinski definition) is 4. The number of nitrogens with one attached hydrogen (secondary N) is 1. The predicted molar refractivity (Wildman–Crippen MR) is 50.0 cm³/mol. The number of guanidine groups is 1. The molecular formula is C6H15N3OS. The maximum Gasteiger partial charge on any atom is 0.188 e. The molecule has 66 valence electrons. The summed E-state index contributed by atoms with van der Waals surface area (Å²) in [5.74, 6) is 1.07. The Bertz CT molecular complexity index is 129. The van der Waals surface area contributed by atoms with E-state index in [1.165, 1.54) is 0 Å². The zero-order valence-electron chi connectivity index (χ0n) is 6.62. The van der Waals surface area contributed by atoms with Gasteiger partial charge in [-0.1, -0.05) is 0 Å². The molecule has 0 aliphatic rings. The number of nitrogens with two attached hydrogens (primary N) is 1. The number of nitrogens with zero attached hydrogens (tertiary/aromatic N) is 1. The Morgan fingerprint density at radius 1 is 1.82 bits per heavy atom. The minimum atomic E-state index is 0.0254. The highest BCUT2D eigenvalue weighted by Gasteiger charge is 1.97. The van der Waals surface area contributed by atoms with Crippen LogP contribution in [0.25, 0.3) is 0 Å². The molecule has 0 aliphatic carbocycles. The fraction of sp³-hybridized carbons (Fsp3) is 0.833. The quantitative estimate of drug-likeness (QED) is 0.258. The summed E-state index contributed by atoms with van der Waals surface area (Å²) in [6, 6.07) is 0.209. The van der Waals surface area contributed by atoms with Gasteiger partial charge in [-0.05, 0) is 6.92 Å². The zero-order chi connectivity index (χ0) is 8.69. The van der Waals surface area contributed by atoms with Crippen LogP contribution in [0.5, 0.6) is 0 Å². The van der Waals surface area contributed by atoms with Crippen LogP contribution in [-0.4, -0.2) is 36.0 Å². The molecule has 0 aliphatic heterocycles. The summed E-state index contributed by atoms with van der Waals surface area (Å²) in [7, 11) is 0. The van der Waals surface area contributed by atoms with Crippen LogP contribution >= 0.6 is 12.6 Å². The molecule has 0 bridgehead atoms. The first-order valence-electron chi connectivity index (χ1n) is 3.49. The summed E-state index contributed by atoms with van der Waals surface area (Å²) in [6.07, 6.45) is 0. The van der Waals surface area contributed by atoms with Crippen LogP contribution in [0.3, 0.4) is 0 Å². The second-order valence-electron chi connectivity index (χ2n) is 2.22. The second-order valence-corrected chi connectivity index (χ2v) is 2.58. The maximum atomic E-state index is 8.40. The van der Waals surface area contributed by atoms with Crippen molar-refractivity contribution in [1.82, 2.24) is 5.32 Å². The van der Waals surface area contributed by atoms with Crippen molar-refractivity contribution in [1.29, 1.82) is 0 Å². The molecule has 0 heterocycles. The van der Waals surface area contributed by atoms with Gasteiger partial charge in [0.1, 0.15) is 0 Å². The van der Waals surface area contributed by atoms with E-state index in [9.17, 15) is 0 Å². The van der Waals surface area contributed by atoms with Crippen molar-refractivity contribution < 1.29 is 5.11 Å². The lowest BCUT2D eigenvalue weighted by molar-refractivity contribution is 0.306. The van der Waals surface area contributed by atoms with E-state index in [4.69, 9.17) is 10.8 Å². The summed E-state index contributed by atoms with van der Waals surface area (Å²) in [5.41, 5.74) is 5.43. The van der Waals surface area contributed by atoms with Crippen molar-refractivity contribution in [3.05, 3.63) is 0 Å². The lowest BCUT2D eigenvalue weighted by atomic mass is 10.4. The Morgan fingerprint density at radius 2 is 2.45 bits per heavy atom.